The minimum absolute atomic E-state index is 0.431. The monoisotopic (exact) mass is 323 g/mol. The number of nitrogens with two attached hydrogens (primary N) is 1. The summed E-state index contributed by atoms with van der Waals surface area (Å²) in [5.41, 5.74) is 9.85. The molecule has 0 radical (unpaired) electrons. The Morgan fingerprint density at radius 2 is 2.13 bits per heavy atom. The molecule has 3 heterocycles. The van der Waals surface area contributed by atoms with Crippen molar-refractivity contribution in [3.8, 4) is 0 Å². The molecular formula is C17H14ClN5. The van der Waals surface area contributed by atoms with Gasteiger partial charge in [0.15, 0.2) is 0 Å². The molecule has 5 nitrogen and oxygen atoms in total. The van der Waals surface area contributed by atoms with Gasteiger partial charge in [-0.2, -0.15) is 0 Å². The lowest BCUT2D eigenvalue weighted by atomic mass is 10.1. The summed E-state index contributed by atoms with van der Waals surface area (Å²) >= 11 is 5.93. The van der Waals surface area contributed by atoms with Crippen LogP contribution in [0.2, 0.25) is 5.15 Å². The van der Waals surface area contributed by atoms with Crippen LogP contribution in [0.5, 0.6) is 0 Å². The fourth-order valence-electron chi connectivity index (χ4n) is 2.09. The predicted octanol–water partition coefficient (Wildman–Crippen LogP) is 3.25. The SMILES string of the molecule is NC=C(C=NCc1cccnc1)c1cnc2ccc(Cl)nc2c1. The van der Waals surface area contributed by atoms with Crippen LogP contribution in [0.3, 0.4) is 0 Å². The second-order valence-corrected chi connectivity index (χ2v) is 5.24. The molecule has 0 saturated heterocycles. The molecule has 0 unspecified atom stereocenters. The van der Waals surface area contributed by atoms with Gasteiger partial charge in [-0.05, 0) is 29.8 Å². The zero-order valence-electron chi connectivity index (χ0n) is 12.2. The highest BCUT2D eigenvalue weighted by atomic mass is 35.5. The number of rotatable bonds is 4. The van der Waals surface area contributed by atoms with Gasteiger partial charge in [0.25, 0.3) is 0 Å². The van der Waals surface area contributed by atoms with E-state index in [2.05, 4.69) is 19.9 Å². The van der Waals surface area contributed by atoms with Gasteiger partial charge in [-0.25, -0.2) is 4.98 Å². The lowest BCUT2D eigenvalue weighted by Gasteiger charge is -2.03. The molecule has 0 saturated carbocycles. The van der Waals surface area contributed by atoms with Crippen LogP contribution >= 0.6 is 11.6 Å². The van der Waals surface area contributed by atoms with Crippen LogP contribution < -0.4 is 5.73 Å². The van der Waals surface area contributed by atoms with E-state index in [-0.39, 0.29) is 0 Å². The van der Waals surface area contributed by atoms with E-state index < -0.39 is 0 Å². The summed E-state index contributed by atoms with van der Waals surface area (Å²) in [6.07, 6.45) is 8.48. The number of fused-ring (bicyclic) bond motifs is 1. The molecule has 0 aliphatic rings. The second kappa shape index (κ2) is 6.98. The number of nitrogens with zero attached hydrogens (tertiary/aromatic N) is 4. The molecular weight excluding hydrogens is 310 g/mol. The standard InChI is InChI=1S/C17H14ClN5/c18-17-4-3-15-16(23-17)6-13(11-22-15)14(7-19)10-21-9-12-2-1-5-20-8-12/h1-8,10-11H,9,19H2. The first-order valence-electron chi connectivity index (χ1n) is 6.99. The highest BCUT2D eigenvalue weighted by molar-refractivity contribution is 6.29. The summed E-state index contributed by atoms with van der Waals surface area (Å²) in [7, 11) is 0. The molecule has 3 aromatic rings. The van der Waals surface area contributed by atoms with Crippen LogP contribution in [0.4, 0.5) is 0 Å². The van der Waals surface area contributed by atoms with Gasteiger partial charge in [-0.3, -0.25) is 15.0 Å². The highest BCUT2D eigenvalue weighted by Gasteiger charge is 2.03. The lowest BCUT2D eigenvalue weighted by molar-refractivity contribution is 1.05. The summed E-state index contributed by atoms with van der Waals surface area (Å²) in [6.45, 7) is 0.538. The third-order valence-electron chi connectivity index (χ3n) is 3.24. The quantitative estimate of drug-likeness (QED) is 0.590. The van der Waals surface area contributed by atoms with Gasteiger partial charge in [-0.15, -0.1) is 0 Å². The summed E-state index contributed by atoms with van der Waals surface area (Å²) in [5.74, 6) is 0. The van der Waals surface area contributed by atoms with Gasteiger partial charge in [-0.1, -0.05) is 17.7 Å². The third-order valence-corrected chi connectivity index (χ3v) is 3.45. The van der Waals surface area contributed by atoms with Crippen LogP contribution in [0, 0.1) is 0 Å². The van der Waals surface area contributed by atoms with Gasteiger partial charge in [0, 0.05) is 42.1 Å². The van der Waals surface area contributed by atoms with Crippen LogP contribution in [-0.2, 0) is 6.54 Å². The first-order chi connectivity index (χ1) is 11.3. The van der Waals surface area contributed by atoms with Gasteiger partial charge >= 0.3 is 0 Å². The molecule has 0 atom stereocenters. The lowest BCUT2D eigenvalue weighted by Crippen LogP contribution is -1.94. The maximum Gasteiger partial charge on any atom is 0.129 e. The second-order valence-electron chi connectivity index (χ2n) is 4.85. The van der Waals surface area contributed by atoms with Crippen molar-refractivity contribution in [1.82, 2.24) is 15.0 Å². The van der Waals surface area contributed by atoms with Crippen molar-refractivity contribution < 1.29 is 0 Å². The van der Waals surface area contributed by atoms with E-state index in [1.165, 1.54) is 6.20 Å². The van der Waals surface area contributed by atoms with Gasteiger partial charge < -0.3 is 5.73 Å². The largest absolute Gasteiger partial charge is 0.404 e. The molecule has 0 spiro atoms. The number of pyridine rings is 3. The van der Waals surface area contributed by atoms with Gasteiger partial charge in [0.2, 0.25) is 0 Å². The molecule has 2 N–H and O–H groups in total. The molecule has 0 aromatic carbocycles. The van der Waals surface area contributed by atoms with Crippen molar-refractivity contribution in [2.24, 2.45) is 10.7 Å². The van der Waals surface area contributed by atoms with Crippen LogP contribution in [-0.4, -0.2) is 21.2 Å². The average Bonchev–Trinajstić information content (AvgIpc) is 2.59. The molecule has 0 bridgehead atoms. The number of hydrogen-bond donors (Lipinski definition) is 1. The van der Waals surface area contributed by atoms with E-state index in [9.17, 15) is 0 Å². The van der Waals surface area contributed by atoms with Crippen molar-refractivity contribution in [3.63, 3.8) is 0 Å². The topological polar surface area (TPSA) is 77.0 Å². The fourth-order valence-corrected chi connectivity index (χ4v) is 2.25. The number of aromatic nitrogens is 3. The normalized spacial score (nSPS) is 12.1. The molecule has 3 rings (SSSR count). The van der Waals surface area contributed by atoms with E-state index in [4.69, 9.17) is 17.3 Å². The fraction of sp³-hybridized carbons (Fsp3) is 0.0588. The van der Waals surface area contributed by atoms with Gasteiger partial charge in [0.05, 0.1) is 17.6 Å². The zero-order chi connectivity index (χ0) is 16.1. The molecule has 0 aliphatic carbocycles. The minimum Gasteiger partial charge on any atom is -0.404 e. The Hall–Kier alpha value is -2.79. The maximum atomic E-state index is 5.93. The Labute approximate surface area is 138 Å². The smallest absolute Gasteiger partial charge is 0.129 e. The van der Waals surface area contributed by atoms with Crippen molar-refractivity contribution in [1.29, 1.82) is 0 Å². The van der Waals surface area contributed by atoms with Gasteiger partial charge in [0.1, 0.15) is 5.15 Å². The summed E-state index contributed by atoms with van der Waals surface area (Å²) in [4.78, 5) is 17.1. The van der Waals surface area contributed by atoms with Crippen molar-refractivity contribution in [2.75, 3.05) is 0 Å². The Morgan fingerprint density at radius 3 is 2.91 bits per heavy atom. The van der Waals surface area contributed by atoms with Crippen molar-refractivity contribution in [2.45, 2.75) is 6.54 Å². The first-order valence-corrected chi connectivity index (χ1v) is 7.37. The molecule has 0 amide bonds. The molecule has 114 valence electrons. The van der Waals surface area contributed by atoms with Crippen LogP contribution in [0.25, 0.3) is 16.6 Å². The Balaban J connectivity index is 1.83. The molecule has 0 fully saturated rings. The minimum atomic E-state index is 0.431. The molecule has 3 aromatic heterocycles. The molecule has 23 heavy (non-hydrogen) atoms. The first kappa shape index (κ1) is 15.1. The van der Waals surface area contributed by atoms with Crippen molar-refractivity contribution >= 4 is 34.4 Å². The third kappa shape index (κ3) is 3.70. The number of halogens is 1. The summed E-state index contributed by atoms with van der Waals surface area (Å²) in [5, 5.41) is 0.431. The van der Waals surface area contributed by atoms with E-state index in [1.54, 1.807) is 30.9 Å². The van der Waals surface area contributed by atoms with E-state index in [1.807, 2.05) is 24.3 Å². The van der Waals surface area contributed by atoms with Crippen molar-refractivity contribution in [3.05, 3.63) is 71.4 Å². The highest BCUT2D eigenvalue weighted by Crippen LogP contribution is 2.18. The zero-order valence-corrected chi connectivity index (χ0v) is 13.0. The summed E-state index contributed by atoms with van der Waals surface area (Å²) < 4.78 is 0. The number of aliphatic imine (C=N–C) groups is 1. The number of allylic oxidation sites excluding steroid dienone is 1. The Morgan fingerprint density at radius 1 is 1.22 bits per heavy atom. The number of hydrogen-bond acceptors (Lipinski definition) is 5. The van der Waals surface area contributed by atoms with E-state index in [0.717, 1.165) is 27.7 Å². The molecule has 0 aliphatic heterocycles. The maximum absolute atomic E-state index is 5.93. The molecule has 6 heteroatoms. The predicted molar refractivity (Wildman–Crippen MR) is 93.1 cm³/mol. The Kier molecular flexibility index (Phi) is 4.59. The van der Waals surface area contributed by atoms with Crippen LogP contribution in [0.1, 0.15) is 11.1 Å². The van der Waals surface area contributed by atoms with E-state index >= 15 is 0 Å². The Bertz CT molecular complexity index is 875. The average molecular weight is 324 g/mol. The summed E-state index contributed by atoms with van der Waals surface area (Å²) in [6, 6.07) is 9.29. The van der Waals surface area contributed by atoms with Crippen LogP contribution in [0.15, 0.2) is 60.1 Å². The van der Waals surface area contributed by atoms with E-state index in [0.29, 0.717) is 11.7 Å².